The van der Waals surface area contributed by atoms with Crippen molar-refractivity contribution < 1.29 is 9.53 Å². The number of morpholine rings is 1. The molecule has 1 spiro atoms. The van der Waals surface area contributed by atoms with Gasteiger partial charge in [-0.3, -0.25) is 4.79 Å². The van der Waals surface area contributed by atoms with Gasteiger partial charge in [-0.1, -0.05) is 0 Å². The van der Waals surface area contributed by atoms with Gasteiger partial charge in [-0.25, -0.2) is 4.98 Å². The molecule has 2 aliphatic heterocycles. The zero-order chi connectivity index (χ0) is 19.0. The maximum absolute atomic E-state index is 11.8. The van der Waals surface area contributed by atoms with Gasteiger partial charge < -0.3 is 14.5 Å². The second-order valence-electron chi connectivity index (χ2n) is 7.64. The van der Waals surface area contributed by atoms with Crippen LogP contribution in [-0.4, -0.2) is 60.4 Å². The molecule has 27 heavy (non-hydrogen) atoms. The summed E-state index contributed by atoms with van der Waals surface area (Å²) in [6, 6.07) is 8.69. The van der Waals surface area contributed by atoms with Crippen molar-refractivity contribution in [3.63, 3.8) is 0 Å². The van der Waals surface area contributed by atoms with Gasteiger partial charge >= 0.3 is 0 Å². The maximum Gasteiger partial charge on any atom is 0.219 e. The molecule has 1 aromatic carbocycles. The summed E-state index contributed by atoms with van der Waals surface area (Å²) >= 11 is 1.76. The quantitative estimate of drug-likeness (QED) is 0.741. The molecule has 2 aromatic rings. The van der Waals surface area contributed by atoms with Gasteiger partial charge in [-0.05, 0) is 55.9 Å². The number of fused-ring (bicyclic) bond motifs is 1. The average Bonchev–Trinajstić information content (AvgIpc) is 2.68. The van der Waals surface area contributed by atoms with Gasteiger partial charge in [0.2, 0.25) is 5.91 Å². The number of anilines is 1. The van der Waals surface area contributed by atoms with Crippen molar-refractivity contribution in [1.82, 2.24) is 9.88 Å². The molecule has 0 aliphatic carbocycles. The molecule has 6 heteroatoms. The summed E-state index contributed by atoms with van der Waals surface area (Å²) in [6.45, 7) is 7.71. The number of carbonyl (C=O) groups excluding carboxylic acids is 1. The molecule has 5 nitrogen and oxygen atoms in total. The Morgan fingerprint density at radius 1 is 1.22 bits per heavy atom. The Labute approximate surface area is 165 Å². The number of carbonyl (C=O) groups is 1. The second kappa shape index (κ2) is 7.32. The predicted octanol–water partition coefficient (Wildman–Crippen LogP) is 3.48. The summed E-state index contributed by atoms with van der Waals surface area (Å²) in [4.78, 5) is 22.2. The molecule has 0 N–H and O–H groups in total. The minimum Gasteiger partial charge on any atom is -0.371 e. The summed E-state index contributed by atoms with van der Waals surface area (Å²) in [7, 11) is 0. The maximum atomic E-state index is 11.8. The lowest BCUT2D eigenvalue weighted by atomic mass is 9.89. The number of aromatic nitrogens is 1. The van der Waals surface area contributed by atoms with Crippen LogP contribution in [0.5, 0.6) is 0 Å². The molecule has 1 amide bonds. The lowest BCUT2D eigenvalue weighted by molar-refractivity contribution is -0.152. The fourth-order valence-corrected chi connectivity index (χ4v) is 4.64. The minimum absolute atomic E-state index is 0.150. The summed E-state index contributed by atoms with van der Waals surface area (Å²) < 4.78 is 6.15. The Kier molecular flexibility index (Phi) is 5.03. The van der Waals surface area contributed by atoms with E-state index in [0.29, 0.717) is 13.2 Å². The SMILES string of the molecule is CSc1ccc2nc(N3CCC4(CC3)CN(C(C)=O)CCO4)cc(C)c2c1. The minimum atomic E-state index is -0.181. The lowest BCUT2D eigenvalue weighted by Crippen LogP contribution is -2.57. The van der Waals surface area contributed by atoms with E-state index in [1.54, 1.807) is 18.7 Å². The predicted molar refractivity (Wildman–Crippen MR) is 111 cm³/mol. The molecule has 0 unspecified atom stereocenters. The van der Waals surface area contributed by atoms with Crippen LogP contribution in [0.1, 0.15) is 25.3 Å². The highest BCUT2D eigenvalue weighted by atomic mass is 32.2. The van der Waals surface area contributed by atoms with Gasteiger partial charge in [-0.2, -0.15) is 0 Å². The molecule has 3 heterocycles. The zero-order valence-corrected chi connectivity index (χ0v) is 17.1. The molecule has 0 saturated carbocycles. The number of amides is 1. The summed E-state index contributed by atoms with van der Waals surface area (Å²) in [6.07, 6.45) is 3.96. The van der Waals surface area contributed by atoms with Crippen LogP contribution in [0.3, 0.4) is 0 Å². The Morgan fingerprint density at radius 2 is 2.00 bits per heavy atom. The van der Waals surface area contributed by atoms with E-state index >= 15 is 0 Å². The Morgan fingerprint density at radius 3 is 2.70 bits per heavy atom. The molecule has 4 rings (SSSR count). The topological polar surface area (TPSA) is 45.7 Å². The Hall–Kier alpha value is -1.79. The van der Waals surface area contributed by atoms with Crippen LogP contribution in [0.15, 0.2) is 29.2 Å². The largest absolute Gasteiger partial charge is 0.371 e. The monoisotopic (exact) mass is 385 g/mol. The fraction of sp³-hybridized carbons (Fsp3) is 0.524. The highest BCUT2D eigenvalue weighted by Gasteiger charge is 2.40. The van der Waals surface area contributed by atoms with Gasteiger partial charge in [-0.15, -0.1) is 11.8 Å². The number of nitrogens with zero attached hydrogens (tertiary/aromatic N) is 3. The van der Waals surface area contributed by atoms with E-state index in [1.165, 1.54) is 15.8 Å². The first kappa shape index (κ1) is 18.6. The molecule has 0 atom stereocenters. The van der Waals surface area contributed by atoms with Crippen LogP contribution < -0.4 is 4.90 Å². The summed E-state index contributed by atoms with van der Waals surface area (Å²) in [5.74, 6) is 1.20. The van der Waals surface area contributed by atoms with E-state index in [4.69, 9.17) is 9.72 Å². The molecular weight excluding hydrogens is 358 g/mol. The first-order valence-corrected chi connectivity index (χ1v) is 10.8. The van der Waals surface area contributed by atoms with Gasteiger partial charge in [0.1, 0.15) is 5.82 Å². The van der Waals surface area contributed by atoms with E-state index < -0.39 is 0 Å². The zero-order valence-electron chi connectivity index (χ0n) is 16.3. The number of thioether (sulfide) groups is 1. The third kappa shape index (κ3) is 3.65. The molecule has 2 aliphatic rings. The van der Waals surface area contributed by atoms with Crippen LogP contribution in [0.25, 0.3) is 10.9 Å². The van der Waals surface area contributed by atoms with E-state index in [9.17, 15) is 4.79 Å². The number of piperidine rings is 1. The van der Waals surface area contributed by atoms with E-state index in [2.05, 4.69) is 42.3 Å². The Balaban J connectivity index is 1.52. The Bertz CT molecular complexity index is 862. The molecule has 0 radical (unpaired) electrons. The number of aryl methyl sites for hydroxylation is 1. The average molecular weight is 386 g/mol. The smallest absolute Gasteiger partial charge is 0.219 e. The third-order valence-electron chi connectivity index (χ3n) is 5.90. The fourth-order valence-electron chi connectivity index (χ4n) is 4.20. The van der Waals surface area contributed by atoms with Crippen molar-refractivity contribution >= 4 is 34.4 Å². The third-order valence-corrected chi connectivity index (χ3v) is 6.63. The first-order chi connectivity index (χ1) is 13.0. The van der Waals surface area contributed by atoms with Crippen molar-refractivity contribution in [3.8, 4) is 0 Å². The standard InChI is InChI=1S/C21H27N3O2S/c1-15-12-20(22-19-5-4-17(27-3)13-18(15)19)23-8-6-21(7-9-23)14-24(16(2)25)10-11-26-21/h4-5,12-13H,6-11,14H2,1-3H3. The van der Waals surface area contributed by atoms with Crippen LogP contribution in [0, 0.1) is 6.92 Å². The van der Waals surface area contributed by atoms with Crippen LogP contribution >= 0.6 is 11.8 Å². The highest BCUT2D eigenvalue weighted by Crippen LogP contribution is 2.33. The van der Waals surface area contributed by atoms with Crippen molar-refractivity contribution in [3.05, 3.63) is 29.8 Å². The van der Waals surface area contributed by atoms with Gasteiger partial charge in [0.25, 0.3) is 0 Å². The van der Waals surface area contributed by atoms with Crippen molar-refractivity contribution in [1.29, 1.82) is 0 Å². The van der Waals surface area contributed by atoms with E-state index in [0.717, 1.165) is 43.8 Å². The molecule has 2 fully saturated rings. The number of rotatable bonds is 2. The van der Waals surface area contributed by atoms with Crippen molar-refractivity contribution in [2.24, 2.45) is 0 Å². The number of ether oxygens (including phenoxy) is 1. The second-order valence-corrected chi connectivity index (χ2v) is 8.52. The van der Waals surface area contributed by atoms with Gasteiger partial charge in [0.15, 0.2) is 0 Å². The van der Waals surface area contributed by atoms with Crippen LogP contribution in [-0.2, 0) is 9.53 Å². The molecule has 1 aromatic heterocycles. The summed E-state index contributed by atoms with van der Waals surface area (Å²) in [5.41, 5.74) is 2.14. The lowest BCUT2D eigenvalue weighted by Gasteiger charge is -2.47. The first-order valence-electron chi connectivity index (χ1n) is 9.59. The number of hydrogen-bond donors (Lipinski definition) is 0. The normalized spacial score (nSPS) is 19.7. The molecular formula is C21H27N3O2S. The van der Waals surface area contributed by atoms with Gasteiger partial charge in [0.05, 0.1) is 17.7 Å². The number of pyridine rings is 1. The van der Waals surface area contributed by atoms with Crippen LogP contribution in [0.2, 0.25) is 0 Å². The molecule has 0 bridgehead atoms. The molecule has 2 saturated heterocycles. The van der Waals surface area contributed by atoms with Crippen molar-refractivity contribution in [2.45, 2.75) is 37.2 Å². The van der Waals surface area contributed by atoms with Crippen molar-refractivity contribution in [2.75, 3.05) is 43.9 Å². The molecule has 144 valence electrons. The van der Waals surface area contributed by atoms with Crippen LogP contribution in [0.4, 0.5) is 5.82 Å². The summed E-state index contributed by atoms with van der Waals surface area (Å²) in [5, 5.41) is 1.23. The van der Waals surface area contributed by atoms with E-state index in [1.807, 2.05) is 4.90 Å². The highest BCUT2D eigenvalue weighted by molar-refractivity contribution is 7.98. The number of benzene rings is 1. The van der Waals surface area contributed by atoms with E-state index in [-0.39, 0.29) is 11.5 Å². The van der Waals surface area contributed by atoms with Gasteiger partial charge in [0, 0.05) is 43.4 Å². The number of hydrogen-bond acceptors (Lipinski definition) is 5.